The fourth-order valence-corrected chi connectivity index (χ4v) is 7.15. The Morgan fingerprint density at radius 2 is 1.97 bits per heavy atom. The summed E-state index contributed by atoms with van der Waals surface area (Å²) in [7, 11) is -3.65. The van der Waals surface area contributed by atoms with E-state index < -0.39 is 10.0 Å². The van der Waals surface area contributed by atoms with Crippen LogP contribution in [0.3, 0.4) is 0 Å². The Morgan fingerprint density at radius 1 is 1.12 bits per heavy atom. The molecule has 1 N–H and O–H groups in total. The topological polar surface area (TPSA) is 75.7 Å². The number of hydrogen-bond donors (Lipinski definition) is 1. The molecule has 0 aliphatic carbocycles. The number of benzene rings is 1. The highest BCUT2D eigenvalue weighted by atomic mass is 32.2. The number of nitrogens with one attached hydrogen (secondary N) is 1. The molecule has 0 bridgehead atoms. The van der Waals surface area contributed by atoms with Gasteiger partial charge in [-0.1, -0.05) is 6.07 Å². The number of nitrogens with zero attached hydrogens (tertiary/aromatic N) is 1. The minimum Gasteiger partial charge on any atom is -0.377 e. The maximum atomic E-state index is 13.5. The molecule has 2 atom stereocenters. The van der Waals surface area contributed by atoms with Crippen LogP contribution in [0.1, 0.15) is 44.6 Å². The van der Waals surface area contributed by atoms with Gasteiger partial charge in [0.1, 0.15) is 0 Å². The van der Waals surface area contributed by atoms with Gasteiger partial charge >= 0.3 is 0 Å². The van der Waals surface area contributed by atoms with Gasteiger partial charge in [0.25, 0.3) is 5.91 Å². The van der Waals surface area contributed by atoms with Crippen molar-refractivity contribution in [1.82, 2.24) is 9.62 Å². The molecule has 2 aliphatic rings. The molecule has 0 unspecified atom stereocenters. The SMILES string of the molecule is O=C(c1ccc(S(=O)(=O)NC[C@@H]2CCCO2)cc1)N1CCc2sccc2[C@@H]1c1cccs1. The van der Waals surface area contributed by atoms with Crippen LogP contribution in [-0.2, 0) is 21.2 Å². The van der Waals surface area contributed by atoms with Crippen LogP contribution in [0.2, 0.25) is 0 Å². The zero-order valence-corrected chi connectivity index (χ0v) is 19.8. The Labute approximate surface area is 195 Å². The second kappa shape index (κ2) is 9.07. The molecule has 5 rings (SSSR count). The molecular weight excluding hydrogens is 464 g/mol. The molecule has 1 fully saturated rings. The summed E-state index contributed by atoms with van der Waals surface area (Å²) in [6.45, 7) is 1.58. The highest BCUT2D eigenvalue weighted by Crippen LogP contribution is 2.40. The number of sulfonamides is 1. The van der Waals surface area contributed by atoms with Crippen LogP contribution in [-0.4, -0.2) is 45.0 Å². The summed E-state index contributed by atoms with van der Waals surface area (Å²) < 4.78 is 33.4. The monoisotopic (exact) mass is 488 g/mol. The van der Waals surface area contributed by atoms with Crippen molar-refractivity contribution >= 4 is 38.6 Å². The van der Waals surface area contributed by atoms with Gasteiger partial charge in [0.05, 0.1) is 17.0 Å². The first-order chi connectivity index (χ1) is 15.5. The summed E-state index contributed by atoms with van der Waals surface area (Å²) in [6, 6.07) is 12.3. The van der Waals surface area contributed by atoms with Gasteiger partial charge < -0.3 is 9.64 Å². The van der Waals surface area contributed by atoms with Crippen molar-refractivity contribution in [2.24, 2.45) is 0 Å². The van der Waals surface area contributed by atoms with E-state index >= 15 is 0 Å². The first-order valence-electron chi connectivity index (χ1n) is 10.6. The third-order valence-electron chi connectivity index (χ3n) is 5.98. The summed E-state index contributed by atoms with van der Waals surface area (Å²) >= 11 is 3.39. The van der Waals surface area contributed by atoms with Gasteiger partial charge in [-0.15, -0.1) is 22.7 Å². The minimum absolute atomic E-state index is 0.0686. The van der Waals surface area contributed by atoms with E-state index in [0.29, 0.717) is 18.7 Å². The van der Waals surface area contributed by atoms with Gasteiger partial charge in [0.2, 0.25) is 10.0 Å². The molecule has 2 aromatic heterocycles. The van der Waals surface area contributed by atoms with Gasteiger partial charge in [0, 0.05) is 35.0 Å². The Kier molecular flexibility index (Phi) is 6.18. The zero-order chi connectivity index (χ0) is 22.1. The van der Waals surface area contributed by atoms with Crippen LogP contribution in [0.25, 0.3) is 0 Å². The number of ether oxygens (including phenoxy) is 1. The first-order valence-corrected chi connectivity index (χ1v) is 13.9. The normalized spacial score (nSPS) is 20.9. The maximum Gasteiger partial charge on any atom is 0.254 e. The summed E-state index contributed by atoms with van der Waals surface area (Å²) in [5.74, 6) is -0.0866. The van der Waals surface area contributed by atoms with E-state index in [1.165, 1.54) is 22.6 Å². The van der Waals surface area contributed by atoms with E-state index in [9.17, 15) is 13.2 Å². The summed E-state index contributed by atoms with van der Waals surface area (Å²) in [6.07, 6.45) is 2.59. The van der Waals surface area contributed by atoms with Crippen molar-refractivity contribution in [3.8, 4) is 0 Å². The summed E-state index contributed by atoms with van der Waals surface area (Å²) in [5.41, 5.74) is 1.68. The molecule has 4 heterocycles. The van der Waals surface area contributed by atoms with Gasteiger partial charge in [0.15, 0.2) is 0 Å². The molecule has 32 heavy (non-hydrogen) atoms. The molecule has 1 saturated heterocycles. The molecule has 0 spiro atoms. The van der Waals surface area contributed by atoms with Gasteiger partial charge in [-0.25, -0.2) is 13.1 Å². The fourth-order valence-electron chi connectivity index (χ4n) is 4.32. The fraction of sp³-hybridized carbons (Fsp3) is 0.348. The smallest absolute Gasteiger partial charge is 0.254 e. The molecular formula is C23H24N2O4S3. The van der Waals surface area contributed by atoms with Crippen LogP contribution in [0.4, 0.5) is 0 Å². The zero-order valence-electron chi connectivity index (χ0n) is 17.4. The highest BCUT2D eigenvalue weighted by molar-refractivity contribution is 7.89. The predicted molar refractivity (Wildman–Crippen MR) is 126 cm³/mol. The Morgan fingerprint density at radius 3 is 2.69 bits per heavy atom. The van der Waals surface area contributed by atoms with E-state index in [0.717, 1.165) is 24.1 Å². The Bertz CT molecular complexity index is 1180. The standard InChI is InChI=1S/C23H24N2O4S3/c26-23(25-11-9-20-19(10-14-31-20)22(25)21-4-2-13-30-21)16-5-7-18(8-6-16)32(27,28)24-15-17-3-1-12-29-17/h2,4-8,10,13-14,17,22,24H,1,3,9,11-12,15H2/t17-,22+/m0/s1. The highest BCUT2D eigenvalue weighted by Gasteiger charge is 2.34. The Balaban J connectivity index is 1.35. The summed E-state index contributed by atoms with van der Waals surface area (Å²) in [5, 5.41) is 4.12. The number of amides is 1. The van der Waals surface area contributed by atoms with Crippen molar-refractivity contribution in [3.05, 3.63) is 74.1 Å². The number of rotatable bonds is 6. The second-order valence-electron chi connectivity index (χ2n) is 7.98. The van der Waals surface area contributed by atoms with Crippen LogP contribution >= 0.6 is 22.7 Å². The van der Waals surface area contributed by atoms with E-state index in [2.05, 4.69) is 22.2 Å². The molecule has 6 nitrogen and oxygen atoms in total. The lowest BCUT2D eigenvalue weighted by atomic mass is 9.97. The molecule has 0 radical (unpaired) electrons. The van der Waals surface area contributed by atoms with Crippen molar-refractivity contribution in [3.63, 3.8) is 0 Å². The molecule has 1 aromatic carbocycles. The van der Waals surface area contributed by atoms with Crippen molar-refractivity contribution in [1.29, 1.82) is 0 Å². The second-order valence-corrected chi connectivity index (χ2v) is 11.7. The third-order valence-corrected chi connectivity index (χ3v) is 9.34. The average Bonchev–Trinajstić information content (AvgIpc) is 3.59. The lowest BCUT2D eigenvalue weighted by Gasteiger charge is -2.35. The average molecular weight is 489 g/mol. The van der Waals surface area contributed by atoms with Gasteiger partial charge in [-0.2, -0.15) is 0 Å². The van der Waals surface area contributed by atoms with E-state index in [1.807, 2.05) is 16.3 Å². The third kappa shape index (κ3) is 4.27. The Hall–Kier alpha value is -2.04. The molecule has 2 aliphatic heterocycles. The van der Waals surface area contributed by atoms with E-state index in [4.69, 9.17) is 4.74 Å². The summed E-state index contributed by atoms with van der Waals surface area (Å²) in [4.78, 5) is 18.0. The number of thiophene rings is 2. The molecule has 0 saturated carbocycles. The van der Waals surface area contributed by atoms with Crippen molar-refractivity contribution in [2.75, 3.05) is 19.7 Å². The quantitative estimate of drug-likeness (QED) is 0.568. The lowest BCUT2D eigenvalue weighted by Crippen LogP contribution is -2.39. The first kappa shape index (κ1) is 21.8. The predicted octanol–water partition coefficient (Wildman–Crippen LogP) is 4.05. The van der Waals surface area contributed by atoms with E-state index in [1.54, 1.807) is 34.8 Å². The molecule has 1 amide bonds. The van der Waals surface area contributed by atoms with Gasteiger partial charge in [-0.05, 0) is 72.0 Å². The van der Waals surface area contributed by atoms with Crippen LogP contribution in [0.5, 0.6) is 0 Å². The maximum absolute atomic E-state index is 13.5. The number of carbonyl (C=O) groups excluding carboxylic acids is 1. The number of hydrogen-bond acceptors (Lipinski definition) is 6. The number of carbonyl (C=O) groups is 1. The van der Waals surface area contributed by atoms with Crippen LogP contribution < -0.4 is 4.72 Å². The largest absolute Gasteiger partial charge is 0.377 e. The van der Waals surface area contributed by atoms with Crippen molar-refractivity contribution < 1.29 is 17.9 Å². The van der Waals surface area contributed by atoms with E-state index in [-0.39, 0.29) is 29.5 Å². The minimum atomic E-state index is -3.65. The van der Waals surface area contributed by atoms with Crippen LogP contribution in [0, 0.1) is 0 Å². The molecule has 3 aromatic rings. The number of fused-ring (bicyclic) bond motifs is 1. The van der Waals surface area contributed by atoms with Gasteiger partial charge in [-0.3, -0.25) is 4.79 Å². The molecule has 168 valence electrons. The van der Waals surface area contributed by atoms with Crippen LogP contribution in [0.15, 0.2) is 58.1 Å². The van der Waals surface area contributed by atoms with Crippen molar-refractivity contribution in [2.45, 2.75) is 36.3 Å². The molecule has 9 heteroatoms. The lowest BCUT2D eigenvalue weighted by molar-refractivity contribution is 0.0698.